The molecule has 1 aliphatic rings. The Balaban J connectivity index is 0.000000648. The molecule has 0 radical (unpaired) electrons. The van der Waals surface area contributed by atoms with Crippen LogP contribution in [0.2, 0.25) is 0 Å². The smallest absolute Gasteiger partial charge is 0.261 e. The van der Waals surface area contributed by atoms with Crippen LogP contribution < -0.4 is 4.90 Å². The molecule has 1 atom stereocenters. The van der Waals surface area contributed by atoms with Gasteiger partial charge in [0, 0.05) is 31.0 Å². The van der Waals surface area contributed by atoms with Crippen LogP contribution in [0.1, 0.15) is 22.4 Å². The molecule has 2 aromatic carbocycles. The minimum atomic E-state index is -3.74. The van der Waals surface area contributed by atoms with Crippen molar-refractivity contribution >= 4 is 37.2 Å². The molecule has 2 N–H and O–H groups in total. The standard InChI is InChI=1S/C25H23N5O2S2.CH4O3S/c26-13-20-8-9-24-21(11-20)15-30(34(31,32)25-7-4-10-33-25)23(12-19-5-2-1-3-6-19)17-29(24)16-22-14-27-18-28-22;1-5(2,3)4/h1-11,14,18,23H,12,15-17H2,(H,27,28);1H3,(H,2,3,4)/t23-;/m1./s1. The van der Waals surface area contributed by atoms with E-state index in [1.807, 2.05) is 36.4 Å². The van der Waals surface area contributed by atoms with E-state index >= 15 is 0 Å². The molecule has 0 aliphatic carbocycles. The molecule has 10 nitrogen and oxygen atoms in total. The third kappa shape index (κ3) is 7.53. The largest absolute Gasteiger partial charge is 0.364 e. The number of anilines is 1. The lowest BCUT2D eigenvalue weighted by Gasteiger charge is -2.31. The number of sulfonamides is 1. The zero-order valence-corrected chi connectivity index (χ0v) is 23.5. The number of H-pyrrole nitrogens is 1. The second-order valence-corrected chi connectivity index (χ2v) is 13.5. The number of benzene rings is 2. The summed E-state index contributed by atoms with van der Waals surface area (Å²) < 4.78 is 55.5. The predicted octanol–water partition coefficient (Wildman–Crippen LogP) is 3.67. The molecule has 0 saturated carbocycles. The number of fused-ring (bicyclic) bond motifs is 1. The first-order chi connectivity index (χ1) is 18.5. The van der Waals surface area contributed by atoms with Gasteiger partial charge in [-0.15, -0.1) is 11.3 Å². The molecule has 39 heavy (non-hydrogen) atoms. The van der Waals surface area contributed by atoms with E-state index in [1.165, 1.54) is 11.3 Å². The molecule has 204 valence electrons. The van der Waals surface area contributed by atoms with Crippen molar-refractivity contribution in [3.8, 4) is 6.07 Å². The predicted molar refractivity (Wildman–Crippen MR) is 149 cm³/mol. The zero-order chi connectivity index (χ0) is 28.0. The minimum Gasteiger partial charge on any atom is -0.364 e. The van der Waals surface area contributed by atoms with Crippen LogP contribution >= 0.6 is 11.3 Å². The van der Waals surface area contributed by atoms with Gasteiger partial charge in [-0.3, -0.25) is 4.55 Å². The van der Waals surface area contributed by atoms with Gasteiger partial charge in [0.05, 0.1) is 36.5 Å². The highest BCUT2D eigenvalue weighted by molar-refractivity contribution is 7.91. The number of aromatic amines is 1. The third-order valence-electron chi connectivity index (χ3n) is 6.00. The molecule has 0 fully saturated rings. The lowest BCUT2D eigenvalue weighted by atomic mass is 10.1. The van der Waals surface area contributed by atoms with Gasteiger partial charge in [0.2, 0.25) is 0 Å². The van der Waals surface area contributed by atoms with E-state index in [-0.39, 0.29) is 12.6 Å². The van der Waals surface area contributed by atoms with Crippen LogP contribution in [0.3, 0.4) is 0 Å². The maximum Gasteiger partial charge on any atom is 0.261 e. The Morgan fingerprint density at radius 2 is 1.87 bits per heavy atom. The van der Waals surface area contributed by atoms with E-state index < -0.39 is 20.1 Å². The van der Waals surface area contributed by atoms with Crippen molar-refractivity contribution in [1.82, 2.24) is 14.3 Å². The van der Waals surface area contributed by atoms with Gasteiger partial charge in [-0.2, -0.15) is 18.0 Å². The van der Waals surface area contributed by atoms with Crippen molar-refractivity contribution in [2.45, 2.75) is 29.8 Å². The molecule has 0 saturated heterocycles. The summed E-state index contributed by atoms with van der Waals surface area (Å²) in [5.74, 6) is 0. The lowest BCUT2D eigenvalue weighted by molar-refractivity contribution is 0.318. The van der Waals surface area contributed by atoms with Gasteiger partial charge >= 0.3 is 0 Å². The summed E-state index contributed by atoms with van der Waals surface area (Å²) >= 11 is 1.22. The van der Waals surface area contributed by atoms with E-state index in [0.717, 1.165) is 22.5 Å². The molecule has 1 aliphatic heterocycles. The van der Waals surface area contributed by atoms with Crippen molar-refractivity contribution in [2.24, 2.45) is 0 Å². The van der Waals surface area contributed by atoms with Gasteiger partial charge in [-0.1, -0.05) is 36.4 Å². The molecule has 2 aromatic heterocycles. The van der Waals surface area contributed by atoms with Crippen LogP contribution in [0.4, 0.5) is 5.69 Å². The molecule has 4 aromatic rings. The Kier molecular flexibility index (Phi) is 8.83. The van der Waals surface area contributed by atoms with Crippen LogP contribution in [0, 0.1) is 11.3 Å². The van der Waals surface area contributed by atoms with E-state index in [1.54, 1.807) is 46.5 Å². The zero-order valence-electron chi connectivity index (χ0n) is 21.0. The monoisotopic (exact) mass is 585 g/mol. The topological polar surface area (TPSA) is 147 Å². The quantitative estimate of drug-likeness (QED) is 0.326. The Bertz CT molecular complexity index is 1630. The molecule has 0 unspecified atom stereocenters. The molecule has 5 rings (SSSR count). The molecule has 13 heteroatoms. The van der Waals surface area contributed by atoms with Gasteiger partial charge < -0.3 is 9.88 Å². The number of imidazole rings is 1. The summed E-state index contributed by atoms with van der Waals surface area (Å²) in [6, 6.07) is 20.8. The second kappa shape index (κ2) is 12.1. The Labute approximate surface area is 232 Å². The Hall–Kier alpha value is -3.54. The van der Waals surface area contributed by atoms with E-state index in [0.29, 0.717) is 35.5 Å². The summed E-state index contributed by atoms with van der Waals surface area (Å²) in [6.45, 7) is 1.25. The van der Waals surface area contributed by atoms with Gasteiger partial charge in [0.15, 0.2) is 0 Å². The molecule has 0 amide bonds. The van der Waals surface area contributed by atoms with Gasteiger partial charge in [-0.05, 0) is 47.2 Å². The number of rotatable bonds is 6. The number of nitriles is 1. The summed E-state index contributed by atoms with van der Waals surface area (Å²) in [7, 11) is -7.40. The fourth-order valence-corrected chi connectivity index (χ4v) is 7.13. The van der Waals surface area contributed by atoms with Crippen molar-refractivity contribution < 1.29 is 21.4 Å². The van der Waals surface area contributed by atoms with Gasteiger partial charge in [0.1, 0.15) is 4.21 Å². The third-order valence-corrected chi connectivity index (χ3v) is 9.27. The summed E-state index contributed by atoms with van der Waals surface area (Å²) in [4.78, 5) is 9.47. The highest BCUT2D eigenvalue weighted by atomic mass is 32.2. The summed E-state index contributed by atoms with van der Waals surface area (Å²) in [5, 5.41) is 11.3. The number of nitrogens with zero attached hydrogens (tertiary/aromatic N) is 4. The molecular weight excluding hydrogens is 559 g/mol. The van der Waals surface area contributed by atoms with E-state index in [4.69, 9.17) is 4.55 Å². The second-order valence-electron chi connectivity index (χ2n) is 8.97. The first-order valence-electron chi connectivity index (χ1n) is 11.8. The lowest BCUT2D eigenvalue weighted by Crippen LogP contribution is -2.45. The maximum atomic E-state index is 13.8. The van der Waals surface area contributed by atoms with Crippen molar-refractivity contribution in [3.63, 3.8) is 0 Å². The Morgan fingerprint density at radius 3 is 2.49 bits per heavy atom. The average molecular weight is 586 g/mol. The molecule has 0 bridgehead atoms. The van der Waals surface area contributed by atoms with Crippen LogP contribution in [0.15, 0.2) is 82.8 Å². The highest BCUT2D eigenvalue weighted by Crippen LogP contribution is 2.34. The minimum absolute atomic E-state index is 0.196. The summed E-state index contributed by atoms with van der Waals surface area (Å²) in [5.41, 5.74) is 4.26. The highest BCUT2D eigenvalue weighted by Gasteiger charge is 2.37. The van der Waals surface area contributed by atoms with Crippen LogP contribution in [-0.2, 0) is 39.7 Å². The van der Waals surface area contributed by atoms with Crippen molar-refractivity contribution in [3.05, 3.63) is 101 Å². The number of thiophene rings is 1. The molecule has 3 heterocycles. The normalized spacial score (nSPS) is 15.9. The number of aromatic nitrogens is 2. The summed E-state index contributed by atoms with van der Waals surface area (Å²) in [6.07, 6.45) is 4.71. The number of hydrogen-bond donors (Lipinski definition) is 2. The first kappa shape index (κ1) is 28.5. The molecular formula is C26H27N5O5S3. The molecule has 0 spiro atoms. The van der Waals surface area contributed by atoms with Crippen LogP contribution in [-0.4, -0.2) is 54.5 Å². The van der Waals surface area contributed by atoms with Crippen LogP contribution in [0.5, 0.6) is 0 Å². The first-order valence-corrected chi connectivity index (χ1v) is 16.0. The van der Waals surface area contributed by atoms with E-state index in [2.05, 4.69) is 20.9 Å². The van der Waals surface area contributed by atoms with E-state index in [9.17, 15) is 22.1 Å². The van der Waals surface area contributed by atoms with Gasteiger partial charge in [-0.25, -0.2) is 13.4 Å². The number of hydrogen-bond acceptors (Lipinski definition) is 8. The fraction of sp³-hybridized carbons (Fsp3) is 0.231. The van der Waals surface area contributed by atoms with Gasteiger partial charge in [0.25, 0.3) is 20.1 Å². The number of nitrogens with one attached hydrogen (secondary N) is 1. The van der Waals surface area contributed by atoms with Crippen LogP contribution in [0.25, 0.3) is 0 Å². The van der Waals surface area contributed by atoms with Crippen molar-refractivity contribution in [2.75, 3.05) is 17.7 Å². The average Bonchev–Trinajstić information content (AvgIpc) is 3.59. The maximum absolute atomic E-state index is 13.8. The fourth-order valence-electron chi connectivity index (χ4n) is 4.42. The Morgan fingerprint density at radius 1 is 1.13 bits per heavy atom. The SMILES string of the molecule is CS(=O)(=O)O.N#Cc1ccc2c(c1)CN(S(=O)(=O)c1cccs1)[C@H](Cc1ccccc1)CN2Cc1cnc[nH]1. The van der Waals surface area contributed by atoms with Crippen molar-refractivity contribution in [1.29, 1.82) is 5.26 Å².